The van der Waals surface area contributed by atoms with Crippen LogP contribution in [0.3, 0.4) is 0 Å². The zero-order chi connectivity index (χ0) is 15.4. The summed E-state index contributed by atoms with van der Waals surface area (Å²) in [5, 5.41) is 3.62. The average molecular weight is 313 g/mol. The fraction of sp³-hybridized carbons (Fsp3) is 0.0625. The van der Waals surface area contributed by atoms with E-state index >= 15 is 0 Å². The third-order valence-electron chi connectivity index (χ3n) is 2.97. The van der Waals surface area contributed by atoms with Gasteiger partial charge in [-0.15, -0.1) is 0 Å². The highest BCUT2D eigenvalue weighted by Gasteiger charge is 2.06. The van der Waals surface area contributed by atoms with Crippen molar-refractivity contribution in [1.29, 1.82) is 0 Å². The largest absolute Gasteiger partial charge is 0.455 e. The molecule has 22 heavy (non-hydrogen) atoms. The van der Waals surface area contributed by atoms with Gasteiger partial charge in [-0.05, 0) is 42.8 Å². The van der Waals surface area contributed by atoms with Gasteiger partial charge < -0.3 is 10.1 Å². The summed E-state index contributed by atoms with van der Waals surface area (Å²) in [5.74, 6) is 2.04. The highest BCUT2D eigenvalue weighted by atomic mass is 35.5. The quantitative estimate of drug-likeness (QED) is 0.775. The van der Waals surface area contributed by atoms with Crippen LogP contribution in [-0.2, 0) is 0 Å². The molecule has 1 N–H and O–H groups in total. The second-order valence-electron chi connectivity index (χ2n) is 4.62. The Hall–Kier alpha value is -2.66. The summed E-state index contributed by atoms with van der Waals surface area (Å²) in [6.07, 6.45) is 6.37. The Labute approximate surface area is 133 Å². The van der Waals surface area contributed by atoms with Crippen LogP contribution in [0.15, 0.2) is 55.2 Å². The van der Waals surface area contributed by atoms with Crippen molar-refractivity contribution in [3.05, 3.63) is 65.8 Å². The Morgan fingerprint density at radius 3 is 2.77 bits per heavy atom. The maximum Gasteiger partial charge on any atom is 0.152 e. The maximum atomic E-state index is 6.03. The first kappa shape index (κ1) is 14.3. The lowest BCUT2D eigenvalue weighted by Crippen LogP contribution is -1.96. The first-order chi connectivity index (χ1) is 10.7. The lowest BCUT2D eigenvalue weighted by Gasteiger charge is -2.11. The van der Waals surface area contributed by atoms with Crippen LogP contribution in [0.4, 0.5) is 11.5 Å². The highest BCUT2D eigenvalue weighted by molar-refractivity contribution is 6.32. The van der Waals surface area contributed by atoms with Gasteiger partial charge in [-0.1, -0.05) is 11.6 Å². The molecule has 0 aliphatic carbocycles. The molecule has 3 aromatic rings. The van der Waals surface area contributed by atoms with Crippen molar-refractivity contribution in [2.75, 3.05) is 5.32 Å². The predicted octanol–water partition coefficient (Wildman–Crippen LogP) is 4.37. The van der Waals surface area contributed by atoms with Gasteiger partial charge >= 0.3 is 0 Å². The van der Waals surface area contributed by atoms with E-state index < -0.39 is 0 Å². The van der Waals surface area contributed by atoms with Crippen molar-refractivity contribution in [1.82, 2.24) is 15.0 Å². The van der Waals surface area contributed by atoms with E-state index in [0.29, 0.717) is 16.6 Å². The molecule has 6 heteroatoms. The zero-order valence-corrected chi connectivity index (χ0v) is 12.6. The van der Waals surface area contributed by atoms with E-state index in [4.69, 9.17) is 16.3 Å². The number of rotatable bonds is 4. The van der Waals surface area contributed by atoms with E-state index in [-0.39, 0.29) is 0 Å². The number of nitrogens with zero attached hydrogens (tertiary/aromatic N) is 3. The summed E-state index contributed by atoms with van der Waals surface area (Å²) >= 11 is 6.03. The van der Waals surface area contributed by atoms with Crippen LogP contribution in [0.2, 0.25) is 5.02 Å². The van der Waals surface area contributed by atoms with Crippen molar-refractivity contribution in [3.8, 4) is 11.5 Å². The third kappa shape index (κ3) is 3.32. The number of ether oxygens (including phenoxy) is 1. The van der Waals surface area contributed by atoms with Crippen LogP contribution < -0.4 is 10.1 Å². The third-order valence-corrected chi connectivity index (χ3v) is 3.24. The van der Waals surface area contributed by atoms with Gasteiger partial charge in [0.25, 0.3) is 0 Å². The van der Waals surface area contributed by atoms with Crippen LogP contribution in [-0.4, -0.2) is 15.0 Å². The minimum atomic E-state index is 0.468. The number of aromatic nitrogens is 3. The number of anilines is 2. The number of pyridine rings is 1. The number of nitrogens with one attached hydrogen (secondary N) is 1. The molecule has 0 saturated carbocycles. The van der Waals surface area contributed by atoms with E-state index in [1.165, 1.54) is 6.33 Å². The molecular formula is C16H13ClN4O. The molecule has 0 unspecified atom stereocenters. The van der Waals surface area contributed by atoms with Gasteiger partial charge in [0, 0.05) is 11.9 Å². The molecule has 0 saturated heterocycles. The monoisotopic (exact) mass is 312 g/mol. The normalized spacial score (nSPS) is 10.3. The fourth-order valence-corrected chi connectivity index (χ4v) is 2.07. The number of hydrogen-bond acceptors (Lipinski definition) is 5. The van der Waals surface area contributed by atoms with Crippen molar-refractivity contribution >= 4 is 23.1 Å². The standard InChI is InChI=1S/C16H13ClN4O/c1-11-7-12(21-16-14(17)9-19-10-20-16)4-5-15(11)22-13-3-2-6-18-8-13/h2-10H,1H3,(H,19,20,21). The second kappa shape index (κ2) is 6.41. The Morgan fingerprint density at radius 1 is 1.14 bits per heavy atom. The Morgan fingerprint density at radius 2 is 2.05 bits per heavy atom. The summed E-state index contributed by atoms with van der Waals surface area (Å²) in [7, 11) is 0. The lowest BCUT2D eigenvalue weighted by atomic mass is 10.2. The molecule has 2 heterocycles. The van der Waals surface area contributed by atoms with Gasteiger partial charge in [0.05, 0.1) is 12.4 Å². The molecule has 0 aliphatic rings. The predicted molar refractivity (Wildman–Crippen MR) is 85.8 cm³/mol. The maximum absolute atomic E-state index is 6.03. The second-order valence-corrected chi connectivity index (χ2v) is 5.02. The van der Waals surface area contributed by atoms with Gasteiger partial charge in [0.15, 0.2) is 5.82 Å². The van der Waals surface area contributed by atoms with Crippen molar-refractivity contribution < 1.29 is 4.74 Å². The number of halogens is 1. The molecule has 3 rings (SSSR count). The Balaban J connectivity index is 1.79. The summed E-state index contributed by atoms with van der Waals surface area (Å²) in [4.78, 5) is 12.0. The summed E-state index contributed by atoms with van der Waals surface area (Å²) in [5.41, 5.74) is 1.86. The fourth-order valence-electron chi connectivity index (χ4n) is 1.92. The lowest BCUT2D eigenvalue weighted by molar-refractivity contribution is 0.476. The van der Waals surface area contributed by atoms with Crippen LogP contribution in [0.25, 0.3) is 0 Å². The first-order valence-electron chi connectivity index (χ1n) is 6.63. The first-order valence-corrected chi connectivity index (χ1v) is 7.01. The van der Waals surface area contributed by atoms with Gasteiger partial charge in [0.1, 0.15) is 22.8 Å². The Bertz CT molecular complexity index is 780. The molecule has 2 aromatic heterocycles. The van der Waals surface area contributed by atoms with Crippen molar-refractivity contribution in [3.63, 3.8) is 0 Å². The highest BCUT2D eigenvalue weighted by Crippen LogP contribution is 2.29. The van der Waals surface area contributed by atoms with Crippen LogP contribution in [0.1, 0.15) is 5.56 Å². The Kier molecular flexibility index (Phi) is 4.16. The van der Waals surface area contributed by atoms with E-state index in [9.17, 15) is 0 Å². The van der Waals surface area contributed by atoms with Crippen molar-refractivity contribution in [2.45, 2.75) is 6.92 Å². The topological polar surface area (TPSA) is 59.9 Å². The number of benzene rings is 1. The molecule has 0 spiro atoms. The number of aryl methyl sites for hydroxylation is 1. The average Bonchev–Trinajstić information content (AvgIpc) is 2.53. The van der Waals surface area contributed by atoms with E-state index in [0.717, 1.165) is 17.0 Å². The molecule has 0 fully saturated rings. The smallest absolute Gasteiger partial charge is 0.152 e. The van der Waals surface area contributed by atoms with Crippen LogP contribution in [0.5, 0.6) is 11.5 Å². The molecule has 0 atom stereocenters. The molecule has 0 aliphatic heterocycles. The minimum Gasteiger partial charge on any atom is -0.455 e. The number of hydrogen-bond donors (Lipinski definition) is 1. The van der Waals surface area contributed by atoms with E-state index in [2.05, 4.69) is 20.3 Å². The van der Waals surface area contributed by atoms with Crippen LogP contribution >= 0.6 is 11.6 Å². The SMILES string of the molecule is Cc1cc(Nc2ncncc2Cl)ccc1Oc1cccnc1. The molecule has 0 amide bonds. The molecular weight excluding hydrogens is 300 g/mol. The van der Waals surface area contributed by atoms with Gasteiger partial charge in [-0.3, -0.25) is 4.98 Å². The molecule has 0 bridgehead atoms. The molecule has 110 valence electrons. The van der Waals surface area contributed by atoms with Gasteiger partial charge in [-0.2, -0.15) is 0 Å². The van der Waals surface area contributed by atoms with E-state index in [1.54, 1.807) is 18.6 Å². The molecule has 0 radical (unpaired) electrons. The van der Waals surface area contributed by atoms with Gasteiger partial charge in [0.2, 0.25) is 0 Å². The molecule has 1 aromatic carbocycles. The van der Waals surface area contributed by atoms with E-state index in [1.807, 2.05) is 37.3 Å². The summed E-state index contributed by atoms with van der Waals surface area (Å²) in [6.45, 7) is 1.97. The molecule has 5 nitrogen and oxygen atoms in total. The van der Waals surface area contributed by atoms with Crippen LogP contribution in [0, 0.1) is 6.92 Å². The zero-order valence-electron chi connectivity index (χ0n) is 11.8. The summed E-state index contributed by atoms with van der Waals surface area (Å²) < 4.78 is 5.80. The van der Waals surface area contributed by atoms with Crippen molar-refractivity contribution in [2.24, 2.45) is 0 Å². The summed E-state index contributed by atoms with van der Waals surface area (Å²) in [6, 6.07) is 9.44. The van der Waals surface area contributed by atoms with Gasteiger partial charge in [-0.25, -0.2) is 9.97 Å². The minimum absolute atomic E-state index is 0.468.